The maximum absolute atomic E-state index is 11.8. The zero-order chi connectivity index (χ0) is 19.3. The van der Waals surface area contributed by atoms with Crippen molar-refractivity contribution in [1.29, 1.82) is 5.26 Å². The van der Waals surface area contributed by atoms with E-state index in [1.54, 1.807) is 6.07 Å². The average molecular weight is 385 g/mol. The number of hydrogen-bond donors (Lipinski definition) is 0. The molecule has 1 unspecified atom stereocenters. The lowest BCUT2D eigenvalue weighted by Crippen LogP contribution is -2.45. The largest absolute Gasteiger partial charge is 0.484 e. The van der Waals surface area contributed by atoms with Crippen LogP contribution in [0, 0.1) is 17.2 Å². The van der Waals surface area contributed by atoms with Crippen LogP contribution in [-0.2, 0) is 9.53 Å². The maximum Gasteiger partial charge on any atom is 0.248 e. The topological polar surface area (TPSA) is 75.0 Å². The van der Waals surface area contributed by atoms with E-state index < -0.39 is 0 Å². The van der Waals surface area contributed by atoms with E-state index in [1.165, 1.54) is 0 Å². The van der Waals surface area contributed by atoms with Gasteiger partial charge in [-0.05, 0) is 50.4 Å². The van der Waals surface area contributed by atoms with Crippen molar-refractivity contribution >= 4 is 5.91 Å². The lowest BCUT2D eigenvalue weighted by Gasteiger charge is -2.36. The molecule has 3 aliphatic rings. The first kappa shape index (κ1) is 19.0. The number of likely N-dealkylation sites (tertiary alicyclic amines) is 1. The van der Waals surface area contributed by atoms with E-state index in [-0.39, 0.29) is 18.6 Å². The van der Waals surface area contributed by atoms with Crippen LogP contribution >= 0.6 is 0 Å². The molecule has 2 fully saturated rings. The van der Waals surface area contributed by atoms with Crippen LogP contribution in [0.15, 0.2) is 18.2 Å². The van der Waals surface area contributed by atoms with Gasteiger partial charge >= 0.3 is 0 Å². The van der Waals surface area contributed by atoms with Crippen LogP contribution in [0.3, 0.4) is 0 Å². The molecule has 0 bridgehead atoms. The first-order valence-corrected chi connectivity index (χ1v) is 10.1. The van der Waals surface area contributed by atoms with Crippen LogP contribution in [0.25, 0.3) is 0 Å². The molecule has 0 radical (unpaired) electrons. The third kappa shape index (κ3) is 4.40. The number of amides is 1. The van der Waals surface area contributed by atoms with Crippen molar-refractivity contribution in [2.75, 3.05) is 52.5 Å². The van der Waals surface area contributed by atoms with Crippen molar-refractivity contribution in [3.63, 3.8) is 0 Å². The van der Waals surface area contributed by atoms with E-state index in [1.807, 2.05) is 17.0 Å². The number of nitriles is 1. The van der Waals surface area contributed by atoms with Crippen molar-refractivity contribution in [2.24, 2.45) is 5.92 Å². The third-order valence-corrected chi connectivity index (χ3v) is 5.87. The van der Waals surface area contributed by atoms with Gasteiger partial charge in [-0.3, -0.25) is 9.69 Å². The summed E-state index contributed by atoms with van der Waals surface area (Å²) < 4.78 is 17.1. The summed E-state index contributed by atoms with van der Waals surface area (Å²) in [4.78, 5) is 16.2. The highest BCUT2D eigenvalue weighted by molar-refractivity contribution is 5.77. The van der Waals surface area contributed by atoms with Crippen LogP contribution in [0.4, 0.5) is 0 Å². The predicted molar refractivity (Wildman–Crippen MR) is 102 cm³/mol. The van der Waals surface area contributed by atoms with Gasteiger partial charge in [-0.1, -0.05) is 6.07 Å². The van der Waals surface area contributed by atoms with Crippen molar-refractivity contribution in [2.45, 2.75) is 25.4 Å². The molecule has 28 heavy (non-hydrogen) atoms. The minimum Gasteiger partial charge on any atom is -0.484 e. The highest BCUT2D eigenvalue weighted by atomic mass is 16.6. The summed E-state index contributed by atoms with van der Waals surface area (Å²) in [7, 11) is 0. The summed E-state index contributed by atoms with van der Waals surface area (Å²) in [5.74, 6) is 2.03. The monoisotopic (exact) mass is 385 g/mol. The van der Waals surface area contributed by atoms with Crippen LogP contribution in [0.5, 0.6) is 11.5 Å². The second-order valence-electron chi connectivity index (χ2n) is 7.76. The Morgan fingerprint density at radius 2 is 2.07 bits per heavy atom. The van der Waals surface area contributed by atoms with Gasteiger partial charge < -0.3 is 19.1 Å². The summed E-state index contributed by atoms with van der Waals surface area (Å²) >= 11 is 0. The number of piperidine rings is 1. The fourth-order valence-corrected chi connectivity index (χ4v) is 4.20. The molecule has 0 spiro atoms. The minimum atomic E-state index is -0.0102. The molecule has 0 saturated carbocycles. The lowest BCUT2D eigenvalue weighted by atomic mass is 9.93. The van der Waals surface area contributed by atoms with Crippen molar-refractivity contribution < 1.29 is 19.0 Å². The number of morpholine rings is 1. The van der Waals surface area contributed by atoms with Gasteiger partial charge in [0.25, 0.3) is 0 Å². The summed E-state index contributed by atoms with van der Waals surface area (Å²) in [6.07, 6.45) is 3.37. The molecule has 1 atom stereocenters. The van der Waals surface area contributed by atoms with Crippen molar-refractivity contribution in [3.05, 3.63) is 23.8 Å². The average Bonchev–Trinajstić information content (AvgIpc) is 2.73. The van der Waals surface area contributed by atoms with E-state index in [0.29, 0.717) is 36.2 Å². The smallest absolute Gasteiger partial charge is 0.248 e. The Hall–Kier alpha value is -2.30. The number of hydrogen-bond acceptors (Lipinski definition) is 6. The van der Waals surface area contributed by atoms with Gasteiger partial charge in [0.15, 0.2) is 11.5 Å². The number of para-hydroxylation sites is 1. The molecular weight excluding hydrogens is 358 g/mol. The Balaban J connectivity index is 1.21. The van der Waals surface area contributed by atoms with Crippen LogP contribution < -0.4 is 9.47 Å². The Morgan fingerprint density at radius 1 is 1.21 bits per heavy atom. The molecule has 0 aliphatic carbocycles. The third-order valence-electron chi connectivity index (χ3n) is 5.87. The molecule has 3 aliphatic heterocycles. The van der Waals surface area contributed by atoms with Gasteiger partial charge in [0.05, 0.1) is 12.2 Å². The number of carbonyl (C=O) groups is 1. The van der Waals surface area contributed by atoms with E-state index in [2.05, 4.69) is 11.0 Å². The molecular formula is C21H27N3O4. The van der Waals surface area contributed by atoms with Gasteiger partial charge in [-0.2, -0.15) is 5.26 Å². The molecule has 1 aromatic carbocycles. The number of benzene rings is 1. The number of fused-ring (bicyclic) bond motifs is 1. The van der Waals surface area contributed by atoms with Crippen LogP contribution in [-0.4, -0.2) is 74.4 Å². The molecule has 0 N–H and O–H groups in total. The number of carbonyl (C=O) groups excluding carboxylic acids is 1. The highest BCUT2D eigenvalue weighted by Crippen LogP contribution is 2.35. The molecule has 150 valence electrons. The second kappa shape index (κ2) is 8.80. The van der Waals surface area contributed by atoms with E-state index >= 15 is 0 Å². The summed E-state index contributed by atoms with van der Waals surface area (Å²) in [5.41, 5.74) is 0.524. The molecule has 7 nitrogen and oxygen atoms in total. The maximum atomic E-state index is 11.8. The Morgan fingerprint density at radius 3 is 2.86 bits per heavy atom. The van der Waals surface area contributed by atoms with Gasteiger partial charge in [0.2, 0.25) is 5.91 Å². The number of rotatable bonds is 5. The van der Waals surface area contributed by atoms with Gasteiger partial charge in [-0.15, -0.1) is 0 Å². The second-order valence-corrected chi connectivity index (χ2v) is 7.76. The number of nitrogens with zero attached hydrogens (tertiary/aromatic N) is 3. The summed E-state index contributed by atoms with van der Waals surface area (Å²) in [5, 5.41) is 9.17. The molecule has 3 heterocycles. The molecule has 7 heteroatoms. The number of ether oxygens (including phenoxy) is 3. The zero-order valence-electron chi connectivity index (χ0n) is 16.1. The van der Waals surface area contributed by atoms with E-state index in [0.717, 1.165) is 52.0 Å². The van der Waals surface area contributed by atoms with Crippen molar-refractivity contribution in [3.8, 4) is 17.6 Å². The highest BCUT2D eigenvalue weighted by Gasteiger charge is 2.28. The van der Waals surface area contributed by atoms with Crippen molar-refractivity contribution in [1.82, 2.24) is 9.80 Å². The molecule has 1 aromatic rings. The summed E-state index contributed by atoms with van der Waals surface area (Å²) in [6.45, 7) is 5.89. The van der Waals surface area contributed by atoms with Gasteiger partial charge in [-0.25, -0.2) is 0 Å². The molecule has 2 saturated heterocycles. The Bertz CT molecular complexity index is 740. The quantitative estimate of drug-likeness (QED) is 0.767. The first-order chi connectivity index (χ1) is 13.7. The Labute approximate surface area is 165 Å². The van der Waals surface area contributed by atoms with Gasteiger partial charge in [0, 0.05) is 19.6 Å². The van der Waals surface area contributed by atoms with E-state index in [4.69, 9.17) is 19.5 Å². The van der Waals surface area contributed by atoms with E-state index in [9.17, 15) is 4.79 Å². The predicted octanol–water partition coefficient (Wildman–Crippen LogP) is 1.66. The first-order valence-electron chi connectivity index (χ1n) is 10.1. The lowest BCUT2D eigenvalue weighted by molar-refractivity contribution is -0.142. The normalized spacial score (nSPS) is 23.5. The standard InChI is InChI=1S/C21H27N3O4/c22-12-17-2-1-3-19-21(17)27-14-18(28-19)13-23-7-4-16(5-8-23)6-9-24-10-11-26-15-20(24)25/h1-3,16,18H,4-11,13-15H2. The molecule has 1 amide bonds. The van der Waals surface area contributed by atoms with Crippen LogP contribution in [0.2, 0.25) is 0 Å². The zero-order valence-corrected chi connectivity index (χ0v) is 16.1. The minimum absolute atomic E-state index is 0.0102. The summed E-state index contributed by atoms with van der Waals surface area (Å²) in [6, 6.07) is 7.59. The molecule has 4 rings (SSSR count). The van der Waals surface area contributed by atoms with Crippen LogP contribution in [0.1, 0.15) is 24.8 Å². The van der Waals surface area contributed by atoms with Gasteiger partial charge in [0.1, 0.15) is 25.4 Å². The molecule has 0 aromatic heterocycles. The fourth-order valence-electron chi connectivity index (χ4n) is 4.20. The Kier molecular flexibility index (Phi) is 5.98. The fraction of sp³-hybridized carbons (Fsp3) is 0.619. The SMILES string of the molecule is N#Cc1cccc2c1OCC(CN1CCC(CCN3CCOCC3=O)CC1)O2.